The molecule has 2 atom stereocenters. The van der Waals surface area contributed by atoms with Crippen molar-refractivity contribution in [3.8, 4) is 18.2 Å². The van der Waals surface area contributed by atoms with Crippen LogP contribution in [0.15, 0.2) is 51.7 Å². The van der Waals surface area contributed by atoms with Gasteiger partial charge in [0.2, 0.25) is 5.91 Å². The third kappa shape index (κ3) is 2.79. The predicted molar refractivity (Wildman–Crippen MR) is 101 cm³/mol. The van der Waals surface area contributed by atoms with Gasteiger partial charge in [0.05, 0.1) is 23.4 Å². The van der Waals surface area contributed by atoms with Crippen molar-refractivity contribution in [2.45, 2.75) is 12.8 Å². The van der Waals surface area contributed by atoms with Crippen LogP contribution >= 0.6 is 15.9 Å². The number of hydrogen-bond acceptors (Lipinski definition) is 5. The molecule has 27 heavy (non-hydrogen) atoms. The summed E-state index contributed by atoms with van der Waals surface area (Å²) >= 11 is 3.43. The van der Waals surface area contributed by atoms with E-state index in [-0.39, 0.29) is 23.1 Å². The number of rotatable bonds is 1. The van der Waals surface area contributed by atoms with Crippen molar-refractivity contribution in [1.82, 2.24) is 4.90 Å². The molecular weight excluding hydrogens is 406 g/mol. The molecule has 1 aliphatic heterocycles. The van der Waals surface area contributed by atoms with Crippen molar-refractivity contribution in [3.63, 3.8) is 0 Å². The fourth-order valence-electron chi connectivity index (χ4n) is 4.01. The number of fused-ring (bicyclic) bond motifs is 1. The summed E-state index contributed by atoms with van der Waals surface area (Å²) < 4.78 is 0.808. The second-order valence-corrected chi connectivity index (χ2v) is 7.57. The van der Waals surface area contributed by atoms with Crippen LogP contribution in [0.3, 0.4) is 0 Å². The molecule has 134 valence electrons. The first-order valence-corrected chi connectivity index (χ1v) is 9.13. The van der Waals surface area contributed by atoms with Crippen molar-refractivity contribution in [2.24, 2.45) is 17.1 Å². The monoisotopic (exact) mass is 421 g/mol. The summed E-state index contributed by atoms with van der Waals surface area (Å²) in [5, 5.41) is 29.6. The fraction of sp³-hybridized carbons (Fsp3) is 0.300. The summed E-state index contributed by atoms with van der Waals surface area (Å²) in [5.74, 6) is -1.08. The van der Waals surface area contributed by atoms with Gasteiger partial charge < -0.3 is 10.6 Å². The van der Waals surface area contributed by atoms with Gasteiger partial charge in [-0.3, -0.25) is 4.79 Å². The van der Waals surface area contributed by atoms with E-state index in [9.17, 15) is 20.6 Å². The van der Waals surface area contributed by atoms with Crippen molar-refractivity contribution in [3.05, 3.63) is 57.2 Å². The number of amides is 1. The highest BCUT2D eigenvalue weighted by atomic mass is 79.9. The molecule has 2 N–H and O–H groups in total. The molecule has 1 aromatic rings. The Kier molecular flexibility index (Phi) is 4.79. The Hall–Kier alpha value is -3.08. The molecule has 0 aromatic heterocycles. The number of allylic oxidation sites excluding steroid dienone is 2. The van der Waals surface area contributed by atoms with E-state index in [1.807, 2.05) is 30.3 Å². The van der Waals surface area contributed by atoms with Gasteiger partial charge in [0, 0.05) is 36.3 Å². The summed E-state index contributed by atoms with van der Waals surface area (Å²) in [5.41, 5.74) is 6.18. The van der Waals surface area contributed by atoms with E-state index in [0.717, 1.165) is 10.0 Å². The fourth-order valence-corrected chi connectivity index (χ4v) is 4.43. The molecule has 1 amide bonds. The maximum Gasteiger partial charge on any atom is 0.219 e. The van der Waals surface area contributed by atoms with Crippen LogP contribution in [-0.2, 0) is 4.79 Å². The lowest BCUT2D eigenvalue weighted by molar-refractivity contribution is -0.129. The van der Waals surface area contributed by atoms with E-state index < -0.39 is 11.3 Å². The van der Waals surface area contributed by atoms with Crippen molar-refractivity contribution >= 4 is 21.8 Å². The molecule has 1 heterocycles. The van der Waals surface area contributed by atoms with Gasteiger partial charge in [-0.15, -0.1) is 0 Å². The highest BCUT2D eigenvalue weighted by Crippen LogP contribution is 2.54. The van der Waals surface area contributed by atoms with Crippen LogP contribution in [-0.4, -0.2) is 23.9 Å². The van der Waals surface area contributed by atoms with Crippen LogP contribution in [0.25, 0.3) is 0 Å². The van der Waals surface area contributed by atoms with E-state index in [0.29, 0.717) is 18.7 Å². The smallest absolute Gasteiger partial charge is 0.219 e. The zero-order valence-electron chi connectivity index (χ0n) is 14.6. The average Bonchev–Trinajstić information content (AvgIpc) is 2.66. The first-order chi connectivity index (χ1) is 12.9. The van der Waals surface area contributed by atoms with E-state index >= 15 is 0 Å². The lowest BCUT2D eigenvalue weighted by Crippen LogP contribution is -2.48. The zero-order valence-corrected chi connectivity index (χ0v) is 16.2. The van der Waals surface area contributed by atoms with Crippen LogP contribution in [0.1, 0.15) is 18.4 Å². The molecule has 6 nitrogen and oxygen atoms in total. The van der Waals surface area contributed by atoms with Gasteiger partial charge in [-0.2, -0.15) is 15.8 Å². The Morgan fingerprint density at radius 3 is 2.59 bits per heavy atom. The molecule has 0 fully saturated rings. The molecule has 1 aromatic carbocycles. The van der Waals surface area contributed by atoms with Crippen molar-refractivity contribution < 1.29 is 4.79 Å². The van der Waals surface area contributed by atoms with Crippen LogP contribution in [0.2, 0.25) is 0 Å². The maximum atomic E-state index is 11.9. The Labute approximate surface area is 165 Å². The van der Waals surface area contributed by atoms with E-state index in [1.165, 1.54) is 6.92 Å². The van der Waals surface area contributed by atoms with Crippen LogP contribution in [0, 0.1) is 45.3 Å². The summed E-state index contributed by atoms with van der Waals surface area (Å²) in [6, 6.07) is 13.6. The number of carbonyl (C=O) groups is 1. The quantitative estimate of drug-likeness (QED) is 0.747. The lowest BCUT2D eigenvalue weighted by atomic mass is 9.58. The maximum absolute atomic E-state index is 11.9. The van der Waals surface area contributed by atoms with E-state index in [1.54, 1.807) is 4.90 Å². The van der Waals surface area contributed by atoms with Crippen molar-refractivity contribution in [2.75, 3.05) is 13.1 Å². The molecule has 0 saturated carbocycles. The largest absolute Gasteiger partial charge is 0.399 e. The third-order valence-corrected chi connectivity index (χ3v) is 5.81. The topological polar surface area (TPSA) is 118 Å². The zero-order chi connectivity index (χ0) is 19.8. The number of nitrogens with zero attached hydrogens (tertiary/aromatic N) is 4. The molecule has 0 bridgehead atoms. The van der Waals surface area contributed by atoms with Crippen LogP contribution in [0.4, 0.5) is 0 Å². The highest BCUT2D eigenvalue weighted by molar-refractivity contribution is 9.10. The molecule has 0 radical (unpaired) electrons. The predicted octanol–water partition coefficient (Wildman–Crippen LogP) is 2.72. The second kappa shape index (κ2) is 6.91. The molecule has 2 unspecified atom stereocenters. The first kappa shape index (κ1) is 18.7. The van der Waals surface area contributed by atoms with Gasteiger partial charge in [-0.05, 0) is 23.3 Å². The highest BCUT2D eigenvalue weighted by Gasteiger charge is 2.54. The Morgan fingerprint density at radius 2 is 2.04 bits per heavy atom. The van der Waals surface area contributed by atoms with Crippen molar-refractivity contribution in [1.29, 1.82) is 15.8 Å². The number of hydrogen-bond donors (Lipinski definition) is 1. The number of benzene rings is 1. The Morgan fingerprint density at radius 1 is 1.33 bits per heavy atom. The summed E-state index contributed by atoms with van der Waals surface area (Å²) in [4.78, 5) is 13.6. The Balaban J connectivity index is 2.32. The number of halogens is 1. The molecule has 7 heteroatoms. The molecule has 3 rings (SSSR count). The van der Waals surface area contributed by atoms with E-state index in [2.05, 4.69) is 34.1 Å². The van der Waals surface area contributed by atoms with Gasteiger partial charge >= 0.3 is 0 Å². The van der Waals surface area contributed by atoms with E-state index in [4.69, 9.17) is 5.73 Å². The SMILES string of the molecule is CC(=O)N1CC=C2C(C#N)=C(N)C(C#N)(C#N)C(c3cccc(Br)c3)C2C1. The van der Waals surface area contributed by atoms with Gasteiger partial charge in [0.25, 0.3) is 0 Å². The average molecular weight is 422 g/mol. The van der Waals surface area contributed by atoms with Crippen LogP contribution in [0.5, 0.6) is 0 Å². The molecule has 0 saturated heterocycles. The second-order valence-electron chi connectivity index (χ2n) is 6.65. The molecule has 0 spiro atoms. The lowest BCUT2D eigenvalue weighted by Gasteiger charge is -2.45. The van der Waals surface area contributed by atoms with Gasteiger partial charge in [-0.1, -0.05) is 34.1 Å². The molecular formula is C20H16BrN5O. The third-order valence-electron chi connectivity index (χ3n) is 5.32. The van der Waals surface area contributed by atoms with Crippen LogP contribution < -0.4 is 5.73 Å². The minimum atomic E-state index is -1.69. The summed E-state index contributed by atoms with van der Waals surface area (Å²) in [6.45, 7) is 2.17. The number of carbonyl (C=O) groups excluding carboxylic acids is 1. The molecule has 1 aliphatic carbocycles. The van der Waals surface area contributed by atoms with Gasteiger partial charge in [0.1, 0.15) is 6.07 Å². The van der Waals surface area contributed by atoms with Gasteiger partial charge in [0.15, 0.2) is 5.41 Å². The standard InChI is InChI=1S/C20H16BrN5O/c1-12(27)26-6-5-15-16(8-22)19(25)20(10-23,11-24)18(17(15)9-26)13-3-2-4-14(21)7-13/h2-5,7,17-18H,6,9,25H2,1H3. The first-order valence-electron chi connectivity index (χ1n) is 8.33. The molecule has 2 aliphatic rings. The van der Waals surface area contributed by atoms with Gasteiger partial charge in [-0.25, -0.2) is 0 Å². The summed E-state index contributed by atoms with van der Waals surface area (Å²) in [6.07, 6.45) is 1.81. The number of nitrogens with two attached hydrogens (primary N) is 1. The normalized spacial score (nSPS) is 23.4. The number of nitriles is 3. The minimum absolute atomic E-state index is 0.0150. The Bertz CT molecular complexity index is 990. The summed E-state index contributed by atoms with van der Waals surface area (Å²) in [7, 11) is 0. The minimum Gasteiger partial charge on any atom is -0.399 e.